The van der Waals surface area contributed by atoms with Crippen LogP contribution >= 0.6 is 0 Å². The Labute approximate surface area is 197 Å². The molecule has 1 heterocycles. The van der Waals surface area contributed by atoms with Crippen molar-refractivity contribution >= 4 is 0 Å². The van der Waals surface area contributed by atoms with Crippen LogP contribution < -0.4 is 0 Å². The lowest BCUT2D eigenvalue weighted by Gasteiger charge is -2.41. The van der Waals surface area contributed by atoms with Gasteiger partial charge in [0.05, 0.1) is 18.8 Å². The zero-order valence-corrected chi connectivity index (χ0v) is 20.9. The minimum atomic E-state index is -0.498. The molecule has 4 heteroatoms. The Hall–Kier alpha value is -0.940. The van der Waals surface area contributed by atoms with E-state index in [1.807, 2.05) is 18.2 Å². The second-order valence-corrected chi connectivity index (χ2v) is 9.53. The number of aliphatic hydroxyl groups excluding tert-OH is 1. The fourth-order valence-electron chi connectivity index (χ4n) is 4.60. The molecule has 1 aliphatic heterocycles. The van der Waals surface area contributed by atoms with E-state index < -0.39 is 6.10 Å². The van der Waals surface area contributed by atoms with E-state index in [-0.39, 0.29) is 12.2 Å². The van der Waals surface area contributed by atoms with Crippen molar-refractivity contribution in [3.8, 4) is 0 Å². The average Bonchev–Trinajstić information content (AvgIpc) is 2.81. The molecule has 0 spiro atoms. The number of ether oxygens (including phenoxy) is 2. The van der Waals surface area contributed by atoms with E-state index in [0.717, 1.165) is 31.7 Å². The van der Waals surface area contributed by atoms with Crippen LogP contribution in [0, 0.1) is 0 Å². The summed E-state index contributed by atoms with van der Waals surface area (Å²) in [5, 5.41) is 10.9. The zero-order chi connectivity index (χ0) is 22.9. The monoisotopic (exact) mass is 447 g/mol. The van der Waals surface area contributed by atoms with Gasteiger partial charge in [0.25, 0.3) is 0 Å². The smallest absolute Gasteiger partial charge is 0.112 e. The highest BCUT2D eigenvalue weighted by atomic mass is 16.5. The summed E-state index contributed by atoms with van der Waals surface area (Å²) in [5.41, 5.74) is 1.14. The molecule has 1 unspecified atom stereocenters. The van der Waals surface area contributed by atoms with Gasteiger partial charge in [0.15, 0.2) is 0 Å². The topological polar surface area (TPSA) is 41.9 Å². The lowest BCUT2D eigenvalue weighted by molar-refractivity contribution is -0.163. The third-order valence-electron chi connectivity index (χ3n) is 6.57. The van der Waals surface area contributed by atoms with Gasteiger partial charge in [-0.15, -0.1) is 0 Å². The van der Waals surface area contributed by atoms with Gasteiger partial charge in [0.2, 0.25) is 0 Å². The van der Waals surface area contributed by atoms with Crippen molar-refractivity contribution in [2.24, 2.45) is 0 Å². The summed E-state index contributed by atoms with van der Waals surface area (Å²) in [7, 11) is 0. The number of piperidine rings is 1. The first-order valence-electron chi connectivity index (χ1n) is 13.4. The number of β-amino-alcohol motifs (C(OH)–C–C–N with tert-alkyl or cyclic N) is 1. The first-order chi connectivity index (χ1) is 15.7. The third kappa shape index (κ3) is 11.3. The summed E-state index contributed by atoms with van der Waals surface area (Å²) < 4.78 is 12.5. The van der Waals surface area contributed by atoms with Crippen LogP contribution in [0.3, 0.4) is 0 Å². The Morgan fingerprint density at radius 3 is 2.09 bits per heavy atom. The van der Waals surface area contributed by atoms with Crippen LogP contribution in [0.2, 0.25) is 0 Å². The highest BCUT2D eigenvalue weighted by Crippen LogP contribution is 2.21. The van der Waals surface area contributed by atoms with E-state index in [0.29, 0.717) is 13.2 Å². The normalized spacial score (nSPS) is 21.8. The quantitative estimate of drug-likeness (QED) is 0.266. The highest BCUT2D eigenvalue weighted by molar-refractivity contribution is 5.13. The van der Waals surface area contributed by atoms with Crippen molar-refractivity contribution in [3.63, 3.8) is 0 Å². The maximum atomic E-state index is 10.9. The first-order valence-corrected chi connectivity index (χ1v) is 13.4. The molecule has 1 fully saturated rings. The van der Waals surface area contributed by atoms with Crippen LogP contribution in [0.5, 0.6) is 0 Å². The van der Waals surface area contributed by atoms with Crippen LogP contribution in [0.1, 0.15) is 96.5 Å². The van der Waals surface area contributed by atoms with Gasteiger partial charge in [0.1, 0.15) is 6.10 Å². The molecule has 184 valence electrons. The summed E-state index contributed by atoms with van der Waals surface area (Å²) in [6.45, 7) is 8.40. The Balaban J connectivity index is 1.80. The van der Waals surface area contributed by atoms with Crippen LogP contribution in [-0.2, 0) is 16.1 Å². The molecule has 3 atom stereocenters. The molecule has 1 aromatic carbocycles. The molecule has 32 heavy (non-hydrogen) atoms. The first kappa shape index (κ1) is 27.3. The highest BCUT2D eigenvalue weighted by Gasteiger charge is 2.37. The maximum Gasteiger partial charge on any atom is 0.112 e. The van der Waals surface area contributed by atoms with Crippen LogP contribution in [0.4, 0.5) is 0 Å². The van der Waals surface area contributed by atoms with Crippen molar-refractivity contribution in [3.05, 3.63) is 35.9 Å². The number of hydrogen-bond donors (Lipinski definition) is 1. The second kappa shape index (κ2) is 17.5. The molecule has 0 amide bonds. The maximum absolute atomic E-state index is 10.9. The van der Waals surface area contributed by atoms with Gasteiger partial charge in [-0.05, 0) is 24.9 Å². The number of nitrogens with zero attached hydrogens (tertiary/aromatic N) is 1. The van der Waals surface area contributed by atoms with Crippen LogP contribution in [-0.4, -0.2) is 54.6 Å². The SMILES string of the molecule is CCCCCCCCOC1CN(CCCCCCCC)C[C@H](O)[C@@H]1OCc1ccccc1. The van der Waals surface area contributed by atoms with E-state index in [4.69, 9.17) is 9.47 Å². The predicted octanol–water partition coefficient (Wildman–Crippen LogP) is 6.35. The van der Waals surface area contributed by atoms with Gasteiger partial charge in [-0.25, -0.2) is 0 Å². The number of benzene rings is 1. The van der Waals surface area contributed by atoms with E-state index >= 15 is 0 Å². The molecule has 1 saturated heterocycles. The summed E-state index contributed by atoms with van der Waals surface area (Å²) in [4.78, 5) is 2.39. The molecule has 0 aliphatic carbocycles. The summed E-state index contributed by atoms with van der Waals surface area (Å²) in [5.74, 6) is 0. The van der Waals surface area contributed by atoms with E-state index in [2.05, 4.69) is 30.9 Å². The molecular weight excluding hydrogens is 398 g/mol. The Morgan fingerprint density at radius 1 is 0.781 bits per heavy atom. The van der Waals surface area contributed by atoms with Crippen molar-refractivity contribution in [1.82, 2.24) is 4.90 Å². The lowest BCUT2D eigenvalue weighted by atomic mass is 10.0. The third-order valence-corrected chi connectivity index (χ3v) is 6.57. The van der Waals surface area contributed by atoms with Crippen LogP contribution in [0.25, 0.3) is 0 Å². The van der Waals surface area contributed by atoms with Gasteiger partial charge < -0.3 is 14.6 Å². The molecule has 1 N–H and O–H groups in total. The minimum Gasteiger partial charge on any atom is -0.389 e. The van der Waals surface area contributed by atoms with Gasteiger partial charge in [-0.2, -0.15) is 0 Å². The van der Waals surface area contributed by atoms with Crippen molar-refractivity contribution < 1.29 is 14.6 Å². The van der Waals surface area contributed by atoms with Crippen molar-refractivity contribution in [2.45, 2.75) is 116 Å². The van der Waals surface area contributed by atoms with Gasteiger partial charge in [0, 0.05) is 19.7 Å². The fraction of sp³-hybridized carbons (Fsp3) is 0.786. The van der Waals surface area contributed by atoms with Crippen molar-refractivity contribution in [2.75, 3.05) is 26.2 Å². The molecule has 1 aliphatic rings. The fourth-order valence-corrected chi connectivity index (χ4v) is 4.60. The molecule has 0 aromatic heterocycles. The number of hydrogen-bond acceptors (Lipinski definition) is 4. The van der Waals surface area contributed by atoms with Crippen molar-refractivity contribution in [1.29, 1.82) is 0 Å². The lowest BCUT2D eigenvalue weighted by Crippen LogP contribution is -2.57. The Morgan fingerprint density at radius 2 is 1.41 bits per heavy atom. The summed E-state index contributed by atoms with van der Waals surface area (Å²) in [6, 6.07) is 10.2. The summed E-state index contributed by atoms with van der Waals surface area (Å²) in [6.07, 6.45) is 14.5. The zero-order valence-electron chi connectivity index (χ0n) is 20.9. The number of rotatable bonds is 18. The predicted molar refractivity (Wildman–Crippen MR) is 134 cm³/mol. The number of likely N-dealkylation sites (tertiary alicyclic amines) is 1. The Kier molecular flexibility index (Phi) is 15.0. The molecule has 4 nitrogen and oxygen atoms in total. The molecule has 0 radical (unpaired) electrons. The minimum absolute atomic E-state index is 0.0572. The van der Waals surface area contributed by atoms with Gasteiger partial charge in [-0.1, -0.05) is 108 Å². The van der Waals surface area contributed by atoms with Gasteiger partial charge >= 0.3 is 0 Å². The largest absolute Gasteiger partial charge is 0.389 e. The van der Waals surface area contributed by atoms with E-state index in [9.17, 15) is 5.11 Å². The standard InChI is InChI=1S/C28H49NO3/c1-3-5-7-9-11-16-20-29-22-26(30)28(32-24-25-18-14-13-15-19-25)27(23-29)31-21-17-12-10-8-6-4-2/h13-15,18-19,26-28,30H,3-12,16-17,20-24H2,1-2H3/t26-,27?,28-/m0/s1. The van der Waals surface area contributed by atoms with Crippen LogP contribution in [0.15, 0.2) is 30.3 Å². The number of aliphatic hydroxyl groups is 1. The Bertz CT molecular complexity index is 553. The molecular formula is C28H49NO3. The average molecular weight is 448 g/mol. The van der Waals surface area contributed by atoms with E-state index in [1.54, 1.807) is 0 Å². The molecule has 0 saturated carbocycles. The molecule has 2 rings (SSSR count). The number of unbranched alkanes of at least 4 members (excludes halogenated alkanes) is 10. The summed E-state index contributed by atoms with van der Waals surface area (Å²) >= 11 is 0. The van der Waals surface area contributed by atoms with Gasteiger partial charge in [-0.3, -0.25) is 4.90 Å². The van der Waals surface area contributed by atoms with E-state index in [1.165, 1.54) is 70.6 Å². The second-order valence-electron chi connectivity index (χ2n) is 9.53. The molecule has 1 aromatic rings. The molecule has 0 bridgehead atoms.